The third-order valence-electron chi connectivity index (χ3n) is 4.41. The maximum absolute atomic E-state index is 13.2. The molecule has 1 saturated heterocycles. The maximum Gasteiger partial charge on any atom is 0.261 e. The lowest BCUT2D eigenvalue weighted by molar-refractivity contribution is 0.0728. The van der Waals surface area contributed by atoms with Crippen molar-refractivity contribution in [1.82, 2.24) is 4.90 Å². The Hall–Kier alpha value is -2.20. The first-order chi connectivity index (χ1) is 11.7. The van der Waals surface area contributed by atoms with Gasteiger partial charge in [-0.25, -0.2) is 0 Å². The number of ether oxygens (including phenoxy) is 2. The quantitative estimate of drug-likeness (QED) is 0.827. The van der Waals surface area contributed by atoms with Gasteiger partial charge in [0.1, 0.15) is 17.1 Å². The van der Waals surface area contributed by atoms with Crippen molar-refractivity contribution in [2.45, 2.75) is 18.9 Å². The Morgan fingerprint density at radius 1 is 1.08 bits per heavy atom. The highest BCUT2D eigenvalue weighted by Gasteiger charge is 2.33. The van der Waals surface area contributed by atoms with Gasteiger partial charge < -0.3 is 14.4 Å². The van der Waals surface area contributed by atoms with E-state index in [0.717, 1.165) is 18.4 Å². The molecular weight excluding hydrogens is 326 g/mol. The van der Waals surface area contributed by atoms with Gasteiger partial charge in [0.05, 0.1) is 20.3 Å². The number of halogens is 1. The van der Waals surface area contributed by atoms with Crippen LogP contribution in [-0.4, -0.2) is 31.6 Å². The molecule has 1 aliphatic heterocycles. The van der Waals surface area contributed by atoms with Gasteiger partial charge in [0.15, 0.2) is 0 Å². The van der Waals surface area contributed by atoms with E-state index in [-0.39, 0.29) is 11.9 Å². The van der Waals surface area contributed by atoms with Crippen LogP contribution in [0.3, 0.4) is 0 Å². The summed E-state index contributed by atoms with van der Waals surface area (Å²) < 4.78 is 10.8. The van der Waals surface area contributed by atoms with E-state index >= 15 is 0 Å². The van der Waals surface area contributed by atoms with Crippen LogP contribution in [-0.2, 0) is 0 Å². The van der Waals surface area contributed by atoms with Gasteiger partial charge in [0.2, 0.25) is 0 Å². The highest BCUT2D eigenvalue weighted by molar-refractivity contribution is 6.30. The molecule has 1 fully saturated rings. The molecule has 126 valence electrons. The molecule has 1 amide bonds. The molecule has 0 N–H and O–H groups in total. The van der Waals surface area contributed by atoms with E-state index in [9.17, 15) is 4.79 Å². The number of carbonyl (C=O) groups excluding carboxylic acids is 1. The van der Waals surface area contributed by atoms with Crippen molar-refractivity contribution in [3.63, 3.8) is 0 Å². The van der Waals surface area contributed by atoms with E-state index in [1.165, 1.54) is 0 Å². The molecule has 2 aromatic carbocycles. The van der Waals surface area contributed by atoms with Crippen LogP contribution in [0.4, 0.5) is 0 Å². The molecule has 0 aromatic heterocycles. The summed E-state index contributed by atoms with van der Waals surface area (Å²) in [5.74, 6) is 0.990. The average molecular weight is 346 g/mol. The van der Waals surface area contributed by atoms with Gasteiger partial charge in [0, 0.05) is 11.6 Å². The third kappa shape index (κ3) is 3.06. The number of hydrogen-bond acceptors (Lipinski definition) is 3. The summed E-state index contributed by atoms with van der Waals surface area (Å²) in [7, 11) is 3.12. The van der Waals surface area contributed by atoms with Crippen LogP contribution < -0.4 is 9.47 Å². The third-order valence-corrected chi connectivity index (χ3v) is 4.66. The van der Waals surface area contributed by atoms with Crippen LogP contribution in [0.5, 0.6) is 11.5 Å². The first-order valence-corrected chi connectivity index (χ1v) is 8.31. The summed E-state index contributed by atoms with van der Waals surface area (Å²) >= 11 is 5.98. The highest BCUT2D eigenvalue weighted by atomic mass is 35.5. The van der Waals surface area contributed by atoms with Gasteiger partial charge in [-0.1, -0.05) is 29.8 Å². The summed E-state index contributed by atoms with van der Waals surface area (Å²) in [5.41, 5.74) is 1.57. The lowest BCUT2D eigenvalue weighted by atomic mass is 10.0. The Morgan fingerprint density at radius 3 is 2.29 bits per heavy atom. The van der Waals surface area contributed by atoms with Gasteiger partial charge in [0.25, 0.3) is 5.91 Å². The number of nitrogens with zero attached hydrogens (tertiary/aromatic N) is 1. The Morgan fingerprint density at radius 2 is 1.71 bits per heavy atom. The van der Waals surface area contributed by atoms with Gasteiger partial charge in [-0.15, -0.1) is 0 Å². The van der Waals surface area contributed by atoms with E-state index in [2.05, 4.69) is 0 Å². The SMILES string of the molecule is COc1cccc(OC)c1C(=O)N1CCC[C@H]1c1ccc(Cl)cc1. The first-order valence-electron chi connectivity index (χ1n) is 7.93. The smallest absolute Gasteiger partial charge is 0.261 e. The molecule has 0 aliphatic carbocycles. The molecule has 0 spiro atoms. The van der Waals surface area contributed by atoms with E-state index in [1.54, 1.807) is 26.4 Å². The lowest BCUT2D eigenvalue weighted by Crippen LogP contribution is -2.31. The number of rotatable bonds is 4. The first kappa shape index (κ1) is 16.7. The Labute approximate surface area is 146 Å². The van der Waals surface area contributed by atoms with E-state index in [0.29, 0.717) is 28.6 Å². The van der Waals surface area contributed by atoms with Gasteiger partial charge in [-0.2, -0.15) is 0 Å². The highest BCUT2D eigenvalue weighted by Crippen LogP contribution is 2.37. The fraction of sp³-hybridized carbons (Fsp3) is 0.316. The predicted molar refractivity (Wildman–Crippen MR) is 94.0 cm³/mol. The summed E-state index contributed by atoms with van der Waals surface area (Å²) in [6.07, 6.45) is 1.90. The second-order valence-electron chi connectivity index (χ2n) is 5.75. The minimum Gasteiger partial charge on any atom is -0.496 e. The molecule has 5 heteroatoms. The number of hydrogen-bond donors (Lipinski definition) is 0. The van der Waals surface area contributed by atoms with Crippen molar-refractivity contribution < 1.29 is 14.3 Å². The molecule has 3 rings (SSSR count). The molecule has 0 saturated carbocycles. The topological polar surface area (TPSA) is 38.8 Å². The lowest BCUT2D eigenvalue weighted by Gasteiger charge is -2.26. The summed E-state index contributed by atoms with van der Waals surface area (Å²) in [4.78, 5) is 15.1. The van der Waals surface area contributed by atoms with Crippen LogP contribution >= 0.6 is 11.6 Å². The minimum atomic E-state index is -0.0678. The molecule has 0 bridgehead atoms. The van der Waals surface area contributed by atoms with Crippen molar-refractivity contribution in [2.24, 2.45) is 0 Å². The molecular formula is C19H20ClNO3. The van der Waals surface area contributed by atoms with Crippen LogP contribution in [0.1, 0.15) is 34.8 Å². The number of methoxy groups -OCH3 is 2. The fourth-order valence-corrected chi connectivity index (χ4v) is 3.37. The minimum absolute atomic E-state index is 0.0457. The fourth-order valence-electron chi connectivity index (χ4n) is 3.25. The van der Waals surface area contributed by atoms with Crippen molar-refractivity contribution in [2.75, 3.05) is 20.8 Å². The Bertz CT molecular complexity index is 708. The Balaban J connectivity index is 1.96. The number of carbonyl (C=O) groups is 1. The van der Waals surface area contributed by atoms with Crippen LogP contribution in [0, 0.1) is 0 Å². The van der Waals surface area contributed by atoms with Crippen LogP contribution in [0.15, 0.2) is 42.5 Å². The standard InChI is InChI=1S/C19H20ClNO3/c1-23-16-6-3-7-17(24-2)18(16)19(22)21-12-4-5-15(21)13-8-10-14(20)11-9-13/h3,6-11,15H,4-5,12H2,1-2H3/t15-/m0/s1. The zero-order valence-corrected chi connectivity index (χ0v) is 14.5. The molecule has 0 unspecified atom stereocenters. The largest absolute Gasteiger partial charge is 0.496 e. The monoisotopic (exact) mass is 345 g/mol. The summed E-state index contributed by atoms with van der Waals surface area (Å²) in [6, 6.07) is 13.1. The normalized spacial score (nSPS) is 17.0. The molecule has 1 aliphatic rings. The second kappa shape index (κ2) is 7.14. The van der Waals surface area contributed by atoms with Crippen molar-refractivity contribution in [3.8, 4) is 11.5 Å². The zero-order valence-electron chi connectivity index (χ0n) is 13.8. The number of amides is 1. The van der Waals surface area contributed by atoms with Crippen molar-refractivity contribution in [3.05, 3.63) is 58.6 Å². The molecule has 2 aromatic rings. The van der Waals surface area contributed by atoms with E-state index < -0.39 is 0 Å². The van der Waals surface area contributed by atoms with Crippen molar-refractivity contribution >= 4 is 17.5 Å². The molecule has 0 radical (unpaired) electrons. The van der Waals surface area contributed by atoms with Crippen LogP contribution in [0.2, 0.25) is 5.02 Å². The Kier molecular flexibility index (Phi) is 4.95. The van der Waals surface area contributed by atoms with Gasteiger partial charge in [-0.3, -0.25) is 4.79 Å². The van der Waals surface area contributed by atoms with E-state index in [4.69, 9.17) is 21.1 Å². The van der Waals surface area contributed by atoms with Crippen LogP contribution in [0.25, 0.3) is 0 Å². The maximum atomic E-state index is 13.2. The molecule has 4 nitrogen and oxygen atoms in total. The summed E-state index contributed by atoms with van der Waals surface area (Å²) in [6.45, 7) is 0.716. The van der Waals surface area contributed by atoms with E-state index in [1.807, 2.05) is 35.2 Å². The molecule has 24 heavy (non-hydrogen) atoms. The second-order valence-corrected chi connectivity index (χ2v) is 6.18. The van der Waals surface area contributed by atoms with Crippen molar-refractivity contribution in [1.29, 1.82) is 0 Å². The number of likely N-dealkylation sites (tertiary alicyclic amines) is 1. The predicted octanol–water partition coefficient (Wildman–Crippen LogP) is 4.33. The zero-order chi connectivity index (χ0) is 17.1. The molecule has 1 heterocycles. The molecule has 1 atom stereocenters. The average Bonchev–Trinajstić information content (AvgIpc) is 3.10. The van der Waals surface area contributed by atoms with Gasteiger partial charge >= 0.3 is 0 Å². The number of benzene rings is 2. The van der Waals surface area contributed by atoms with Gasteiger partial charge in [-0.05, 0) is 42.7 Å². The summed E-state index contributed by atoms with van der Waals surface area (Å²) in [5, 5.41) is 0.695.